The molecule has 1 saturated heterocycles. The molecule has 1 heterocycles. The van der Waals surface area contributed by atoms with Crippen molar-refractivity contribution in [3.63, 3.8) is 0 Å². The molecular weight excluding hydrogens is 284 g/mol. The molecule has 20 heavy (non-hydrogen) atoms. The summed E-state index contributed by atoms with van der Waals surface area (Å²) in [6.07, 6.45) is -1.30. The number of nitrogens with zero attached hydrogens (tertiary/aromatic N) is 1. The summed E-state index contributed by atoms with van der Waals surface area (Å²) >= 11 is -1.37. The first-order valence-corrected chi connectivity index (χ1v) is 7.48. The number of carboxylic acid groups (broad SMARTS) is 1. The molecule has 1 fully saturated rings. The molecule has 1 aliphatic heterocycles. The van der Waals surface area contributed by atoms with Crippen molar-refractivity contribution in [2.45, 2.75) is 51.3 Å². The number of piperidine rings is 1. The zero-order valence-corrected chi connectivity index (χ0v) is 12.8. The number of amides is 3. The van der Waals surface area contributed by atoms with E-state index in [0.717, 1.165) is 0 Å². The molecule has 3 unspecified atom stereocenters. The lowest BCUT2D eigenvalue weighted by atomic mass is 9.91. The molecule has 7 nitrogen and oxygen atoms in total. The van der Waals surface area contributed by atoms with Crippen molar-refractivity contribution in [3.8, 4) is 0 Å². The summed E-state index contributed by atoms with van der Waals surface area (Å²) in [6.45, 7) is 7.04. The van der Waals surface area contributed by atoms with Crippen LogP contribution in [0.25, 0.3) is 0 Å². The Bertz CT molecular complexity index is 421. The number of nitrogens with one attached hydrogen (secondary N) is 1. The third-order valence-corrected chi connectivity index (χ3v) is 4.80. The van der Waals surface area contributed by atoms with Crippen LogP contribution in [0.4, 0.5) is 4.79 Å². The Morgan fingerprint density at radius 3 is 2.50 bits per heavy atom. The summed E-state index contributed by atoms with van der Waals surface area (Å²) in [5.41, 5.74) is 0. The van der Waals surface area contributed by atoms with Crippen molar-refractivity contribution in [2.75, 3.05) is 0 Å². The molecule has 2 N–H and O–H groups in total. The smallest absolute Gasteiger partial charge is 0.421 e. The van der Waals surface area contributed by atoms with Gasteiger partial charge in [-0.05, 0) is 34.1 Å². The van der Waals surface area contributed by atoms with E-state index in [1.165, 1.54) is 0 Å². The first-order valence-electron chi connectivity index (χ1n) is 6.33. The molecule has 1 rings (SSSR count). The Morgan fingerprint density at radius 2 is 2.05 bits per heavy atom. The van der Waals surface area contributed by atoms with Gasteiger partial charge in [-0.25, -0.2) is 4.79 Å². The fourth-order valence-corrected chi connectivity index (χ4v) is 2.75. The molecule has 0 aromatic rings. The van der Waals surface area contributed by atoms with Gasteiger partial charge in [-0.3, -0.25) is 9.59 Å². The van der Waals surface area contributed by atoms with Gasteiger partial charge in [-0.15, -0.1) is 4.72 Å². The number of carbonyl (C=O) groups excluding carboxylic acids is 2. The maximum absolute atomic E-state index is 12.0. The lowest BCUT2D eigenvalue weighted by Gasteiger charge is -2.33. The quantitative estimate of drug-likeness (QED) is 0.591. The average molecular weight is 304 g/mol. The van der Waals surface area contributed by atoms with Gasteiger partial charge in [-0.1, -0.05) is 0 Å². The summed E-state index contributed by atoms with van der Waals surface area (Å²) in [7, 11) is 0. The van der Waals surface area contributed by atoms with E-state index in [4.69, 9.17) is 5.11 Å². The van der Waals surface area contributed by atoms with Crippen LogP contribution in [0.3, 0.4) is 0 Å². The van der Waals surface area contributed by atoms with Crippen LogP contribution in [0, 0.1) is 5.92 Å². The second kappa shape index (κ2) is 6.11. The van der Waals surface area contributed by atoms with Gasteiger partial charge >= 0.3 is 6.09 Å². The van der Waals surface area contributed by atoms with E-state index in [2.05, 4.69) is 4.72 Å². The Balaban J connectivity index is 2.79. The molecule has 1 aliphatic rings. The van der Waals surface area contributed by atoms with Gasteiger partial charge in [0.2, 0.25) is 11.8 Å². The van der Waals surface area contributed by atoms with Crippen molar-refractivity contribution in [1.82, 2.24) is 9.62 Å². The first kappa shape index (κ1) is 16.9. The molecule has 3 amide bonds. The zero-order chi connectivity index (χ0) is 15.7. The van der Waals surface area contributed by atoms with E-state index >= 15 is 0 Å². The summed E-state index contributed by atoms with van der Waals surface area (Å²) in [5, 5.41) is 8.89. The van der Waals surface area contributed by atoms with E-state index < -0.39 is 46.0 Å². The van der Waals surface area contributed by atoms with E-state index in [1.807, 2.05) is 0 Å². The number of hydrogen-bond acceptors (Lipinski definition) is 5. The molecular formula is C12H20N2O5S. The maximum Gasteiger partial charge on any atom is 0.421 e. The number of likely N-dealkylation sites (tertiary alicyclic amines) is 1. The molecule has 0 spiro atoms. The molecule has 0 aromatic carbocycles. The van der Waals surface area contributed by atoms with Crippen LogP contribution in [-0.4, -0.2) is 43.3 Å². The van der Waals surface area contributed by atoms with Crippen molar-refractivity contribution < 1.29 is 24.0 Å². The lowest BCUT2D eigenvalue weighted by molar-refractivity contribution is -0.149. The number of imide groups is 3. The van der Waals surface area contributed by atoms with Gasteiger partial charge in [0.05, 0.1) is 12.0 Å². The Morgan fingerprint density at radius 1 is 1.50 bits per heavy atom. The number of carbonyl (C=O) groups is 3. The van der Waals surface area contributed by atoms with Crippen molar-refractivity contribution in [3.05, 3.63) is 0 Å². The third-order valence-electron chi connectivity index (χ3n) is 3.10. The SMILES string of the molecule is CC(N[S+]([O-])C(C)(C)C)C1CCC(=O)N(C(=O)O)C1=O. The van der Waals surface area contributed by atoms with Gasteiger partial charge in [-0.2, -0.15) is 4.90 Å². The van der Waals surface area contributed by atoms with Crippen LogP contribution in [0.15, 0.2) is 0 Å². The van der Waals surface area contributed by atoms with Gasteiger partial charge in [0.25, 0.3) is 0 Å². The normalized spacial score (nSPS) is 23.6. The van der Waals surface area contributed by atoms with E-state index in [-0.39, 0.29) is 17.7 Å². The minimum atomic E-state index is -1.56. The Kier molecular flexibility index (Phi) is 5.17. The molecule has 0 saturated carbocycles. The average Bonchev–Trinajstić information content (AvgIpc) is 2.26. The fourth-order valence-electron chi connectivity index (χ4n) is 1.90. The Labute approximate surface area is 121 Å². The molecule has 114 valence electrons. The fraction of sp³-hybridized carbons (Fsp3) is 0.750. The summed E-state index contributed by atoms with van der Waals surface area (Å²) in [4.78, 5) is 34.7. The second-order valence-corrected chi connectivity index (χ2v) is 7.78. The van der Waals surface area contributed by atoms with Crippen LogP contribution < -0.4 is 4.72 Å². The minimum absolute atomic E-state index is 0.00310. The minimum Gasteiger partial charge on any atom is -0.598 e. The predicted octanol–water partition coefficient (Wildman–Crippen LogP) is 0.870. The van der Waals surface area contributed by atoms with Crippen molar-refractivity contribution in [2.24, 2.45) is 5.92 Å². The van der Waals surface area contributed by atoms with Crippen LogP contribution in [0.2, 0.25) is 0 Å². The molecule has 0 bridgehead atoms. The monoisotopic (exact) mass is 304 g/mol. The first-order chi connectivity index (χ1) is 9.05. The van der Waals surface area contributed by atoms with Crippen molar-refractivity contribution >= 4 is 29.3 Å². The summed E-state index contributed by atoms with van der Waals surface area (Å²) < 4.78 is 14.3. The highest BCUT2D eigenvalue weighted by atomic mass is 32.2. The molecule has 0 aromatic heterocycles. The third kappa shape index (κ3) is 3.71. The number of hydrogen-bond donors (Lipinski definition) is 2. The summed E-state index contributed by atoms with van der Waals surface area (Å²) in [6, 6.07) is -0.475. The molecule has 8 heteroatoms. The molecule has 0 aliphatic carbocycles. The van der Waals surface area contributed by atoms with Gasteiger partial charge in [0.15, 0.2) is 0 Å². The maximum atomic E-state index is 12.0. The van der Waals surface area contributed by atoms with Gasteiger partial charge < -0.3 is 9.66 Å². The highest BCUT2D eigenvalue weighted by molar-refractivity contribution is 7.90. The van der Waals surface area contributed by atoms with Gasteiger partial charge in [0, 0.05) is 17.8 Å². The highest BCUT2D eigenvalue weighted by Crippen LogP contribution is 2.24. The van der Waals surface area contributed by atoms with E-state index in [0.29, 0.717) is 0 Å². The molecule has 3 atom stereocenters. The topological polar surface area (TPSA) is 110 Å². The molecule has 0 radical (unpaired) electrons. The van der Waals surface area contributed by atoms with E-state index in [9.17, 15) is 18.9 Å². The van der Waals surface area contributed by atoms with Gasteiger partial charge in [0.1, 0.15) is 4.75 Å². The Hall–Kier alpha value is -1.12. The lowest BCUT2D eigenvalue weighted by Crippen LogP contribution is -2.55. The van der Waals surface area contributed by atoms with Crippen molar-refractivity contribution in [1.29, 1.82) is 0 Å². The van der Waals surface area contributed by atoms with Crippen LogP contribution in [0.1, 0.15) is 40.5 Å². The second-order valence-electron chi connectivity index (χ2n) is 5.78. The zero-order valence-electron chi connectivity index (χ0n) is 12.0. The van der Waals surface area contributed by atoms with Crippen LogP contribution in [0.5, 0.6) is 0 Å². The largest absolute Gasteiger partial charge is 0.598 e. The summed E-state index contributed by atoms with van der Waals surface area (Å²) in [5.74, 6) is -2.13. The van der Waals surface area contributed by atoms with Crippen LogP contribution >= 0.6 is 0 Å². The predicted molar refractivity (Wildman–Crippen MR) is 73.1 cm³/mol. The van der Waals surface area contributed by atoms with Crippen LogP contribution in [-0.2, 0) is 21.0 Å². The number of rotatable bonds is 3. The standard InChI is InChI=1S/C12H20N2O5S/c1-7(13-20(19)12(2,3)4)8-5-6-9(15)14(10(8)16)11(17)18/h7-8,13H,5-6H2,1-4H3,(H,17,18). The highest BCUT2D eigenvalue weighted by Gasteiger charge is 2.42. The van der Waals surface area contributed by atoms with E-state index in [1.54, 1.807) is 27.7 Å².